The van der Waals surface area contributed by atoms with E-state index in [1.807, 2.05) is 0 Å². The number of ether oxygens (including phenoxy) is 1. The van der Waals surface area contributed by atoms with E-state index in [2.05, 4.69) is 17.2 Å². The van der Waals surface area contributed by atoms with Crippen molar-refractivity contribution in [1.82, 2.24) is 9.88 Å². The maximum Gasteiger partial charge on any atom is 0.245 e. The van der Waals surface area contributed by atoms with Crippen molar-refractivity contribution < 1.29 is 14.3 Å². The Morgan fingerprint density at radius 2 is 2.20 bits per heavy atom. The third kappa shape index (κ3) is 7.52. The first-order valence-electron chi connectivity index (χ1n) is 9.27. The summed E-state index contributed by atoms with van der Waals surface area (Å²) in [5, 5.41) is 5.12. The Balaban J connectivity index is 1.82. The number of rotatable bonds is 11. The Morgan fingerprint density at radius 3 is 2.88 bits per heavy atom. The summed E-state index contributed by atoms with van der Waals surface area (Å²) in [5.41, 5.74) is 0. The summed E-state index contributed by atoms with van der Waals surface area (Å²) in [6.45, 7) is 3.48. The molecule has 1 aliphatic heterocycles. The van der Waals surface area contributed by atoms with Gasteiger partial charge in [-0.3, -0.25) is 9.59 Å². The summed E-state index contributed by atoms with van der Waals surface area (Å²) < 4.78 is 5.64. The summed E-state index contributed by atoms with van der Waals surface area (Å²) >= 11 is 1.37. The van der Waals surface area contributed by atoms with Crippen LogP contribution < -0.4 is 5.32 Å². The predicted octanol–water partition coefficient (Wildman–Crippen LogP) is 3.45. The monoisotopic (exact) mass is 367 g/mol. The molecule has 6 nitrogen and oxygen atoms in total. The number of unbranched alkanes of at least 4 members (excludes halogenated alkanes) is 4. The van der Waals surface area contributed by atoms with Gasteiger partial charge in [0, 0.05) is 31.1 Å². The van der Waals surface area contributed by atoms with Crippen LogP contribution in [0.3, 0.4) is 0 Å². The van der Waals surface area contributed by atoms with Crippen LogP contribution in [0.25, 0.3) is 0 Å². The summed E-state index contributed by atoms with van der Waals surface area (Å²) in [6, 6.07) is 0. The van der Waals surface area contributed by atoms with Gasteiger partial charge in [-0.15, -0.1) is 11.3 Å². The number of carbonyl (C=O) groups excluding carboxylic acids is 2. The van der Waals surface area contributed by atoms with Crippen molar-refractivity contribution in [2.75, 3.05) is 25.0 Å². The lowest BCUT2D eigenvalue weighted by Gasteiger charge is -2.25. The lowest BCUT2D eigenvalue weighted by Crippen LogP contribution is -2.42. The molecule has 2 rings (SSSR count). The zero-order valence-corrected chi connectivity index (χ0v) is 15.9. The highest BCUT2D eigenvalue weighted by atomic mass is 32.1. The van der Waals surface area contributed by atoms with Gasteiger partial charge >= 0.3 is 0 Å². The molecular formula is C18H29N3O3S. The molecule has 1 unspecified atom stereocenters. The van der Waals surface area contributed by atoms with Crippen molar-refractivity contribution >= 4 is 28.3 Å². The molecule has 0 bridgehead atoms. The highest BCUT2D eigenvalue weighted by Gasteiger charge is 2.24. The molecule has 7 heteroatoms. The van der Waals surface area contributed by atoms with Crippen molar-refractivity contribution in [2.24, 2.45) is 0 Å². The second-order valence-corrected chi connectivity index (χ2v) is 7.35. The molecule has 25 heavy (non-hydrogen) atoms. The number of aromatic nitrogens is 1. The lowest BCUT2D eigenvalue weighted by atomic mass is 10.1. The number of nitrogens with zero attached hydrogens (tertiary/aromatic N) is 2. The van der Waals surface area contributed by atoms with E-state index in [0.717, 1.165) is 32.3 Å². The van der Waals surface area contributed by atoms with Crippen LogP contribution in [0.15, 0.2) is 11.6 Å². The molecule has 1 aromatic heterocycles. The van der Waals surface area contributed by atoms with Gasteiger partial charge in [0.2, 0.25) is 11.8 Å². The van der Waals surface area contributed by atoms with E-state index in [-0.39, 0.29) is 24.5 Å². The molecule has 1 saturated heterocycles. The Morgan fingerprint density at radius 1 is 1.36 bits per heavy atom. The van der Waals surface area contributed by atoms with E-state index >= 15 is 0 Å². The number of carbonyl (C=O) groups is 2. The van der Waals surface area contributed by atoms with Crippen LogP contribution >= 0.6 is 11.3 Å². The molecule has 2 heterocycles. The Hall–Kier alpha value is -1.47. The molecule has 1 fully saturated rings. The van der Waals surface area contributed by atoms with Crippen LogP contribution in [0.4, 0.5) is 5.13 Å². The van der Waals surface area contributed by atoms with Gasteiger partial charge in [-0.1, -0.05) is 32.6 Å². The zero-order valence-electron chi connectivity index (χ0n) is 15.0. The van der Waals surface area contributed by atoms with E-state index in [0.29, 0.717) is 18.1 Å². The fraction of sp³-hybridized carbons (Fsp3) is 0.722. The molecule has 0 spiro atoms. The van der Waals surface area contributed by atoms with E-state index in [4.69, 9.17) is 4.74 Å². The normalized spacial score (nSPS) is 16.8. The molecule has 140 valence electrons. The third-order valence-electron chi connectivity index (χ3n) is 4.31. The topological polar surface area (TPSA) is 71.5 Å². The number of thiazole rings is 1. The molecule has 0 aliphatic carbocycles. The van der Waals surface area contributed by atoms with E-state index < -0.39 is 0 Å². The molecule has 0 aromatic carbocycles. The summed E-state index contributed by atoms with van der Waals surface area (Å²) in [4.78, 5) is 30.5. The first-order valence-corrected chi connectivity index (χ1v) is 10.2. The minimum atomic E-state index is -0.202. The van der Waals surface area contributed by atoms with Gasteiger partial charge in [0.15, 0.2) is 5.13 Å². The summed E-state index contributed by atoms with van der Waals surface area (Å²) in [6.07, 6.45) is 9.70. The van der Waals surface area contributed by atoms with Gasteiger partial charge in [0.05, 0.1) is 6.10 Å². The van der Waals surface area contributed by atoms with Gasteiger partial charge in [-0.05, 0) is 19.3 Å². The van der Waals surface area contributed by atoms with Gasteiger partial charge < -0.3 is 15.0 Å². The Bertz CT molecular complexity index is 516. The maximum absolute atomic E-state index is 12.6. The van der Waals surface area contributed by atoms with Crippen molar-refractivity contribution in [3.8, 4) is 0 Å². The highest BCUT2D eigenvalue weighted by Crippen LogP contribution is 2.16. The molecule has 2 amide bonds. The minimum Gasteiger partial charge on any atom is -0.376 e. The summed E-state index contributed by atoms with van der Waals surface area (Å²) in [5.74, 6) is -0.159. The molecule has 1 aromatic rings. The Labute approximate surface area is 154 Å². The lowest BCUT2D eigenvalue weighted by molar-refractivity contribution is -0.136. The second-order valence-electron chi connectivity index (χ2n) is 6.46. The van der Waals surface area contributed by atoms with E-state index in [9.17, 15) is 9.59 Å². The van der Waals surface area contributed by atoms with Crippen LogP contribution in [-0.4, -0.2) is 47.5 Å². The van der Waals surface area contributed by atoms with Crippen molar-refractivity contribution in [3.63, 3.8) is 0 Å². The van der Waals surface area contributed by atoms with Crippen LogP contribution in [0.5, 0.6) is 0 Å². The highest BCUT2D eigenvalue weighted by molar-refractivity contribution is 7.13. The number of anilines is 1. The molecule has 1 atom stereocenters. The number of amides is 2. The van der Waals surface area contributed by atoms with Crippen LogP contribution in [0.1, 0.15) is 58.3 Å². The second kappa shape index (κ2) is 11.2. The van der Waals surface area contributed by atoms with Crippen LogP contribution in [-0.2, 0) is 14.3 Å². The zero-order chi connectivity index (χ0) is 17.9. The maximum atomic E-state index is 12.6. The Kier molecular flexibility index (Phi) is 8.90. The number of nitrogens with one attached hydrogen (secondary N) is 1. The van der Waals surface area contributed by atoms with Crippen molar-refractivity contribution in [2.45, 2.75) is 64.4 Å². The van der Waals surface area contributed by atoms with E-state index in [1.54, 1.807) is 16.5 Å². The van der Waals surface area contributed by atoms with Gasteiger partial charge in [0.25, 0.3) is 0 Å². The molecule has 0 radical (unpaired) electrons. The molecular weight excluding hydrogens is 338 g/mol. The fourth-order valence-electron chi connectivity index (χ4n) is 2.94. The quantitative estimate of drug-likeness (QED) is 0.608. The fourth-order valence-corrected chi connectivity index (χ4v) is 3.49. The van der Waals surface area contributed by atoms with Gasteiger partial charge in [-0.2, -0.15) is 0 Å². The molecule has 1 N–H and O–H groups in total. The minimum absolute atomic E-state index is 0.0429. The SMILES string of the molecule is CCCCCCCC(=O)N(CC(=O)Nc1nccs1)CC1CCCO1. The standard InChI is InChI=1S/C18H29N3O3S/c1-2-3-4-5-6-9-17(23)21(13-15-8-7-11-24-15)14-16(22)20-18-19-10-12-25-18/h10,12,15H,2-9,11,13-14H2,1H3,(H,19,20,22). The number of hydrogen-bond donors (Lipinski definition) is 1. The average molecular weight is 368 g/mol. The molecule has 1 aliphatic rings. The first-order chi connectivity index (χ1) is 12.2. The van der Waals surface area contributed by atoms with E-state index in [1.165, 1.54) is 30.6 Å². The molecule has 0 saturated carbocycles. The predicted molar refractivity (Wildman–Crippen MR) is 99.7 cm³/mol. The van der Waals surface area contributed by atoms with Crippen LogP contribution in [0.2, 0.25) is 0 Å². The van der Waals surface area contributed by atoms with Gasteiger partial charge in [0.1, 0.15) is 6.54 Å². The summed E-state index contributed by atoms with van der Waals surface area (Å²) in [7, 11) is 0. The van der Waals surface area contributed by atoms with Crippen molar-refractivity contribution in [1.29, 1.82) is 0 Å². The largest absolute Gasteiger partial charge is 0.376 e. The average Bonchev–Trinajstić information content (AvgIpc) is 3.27. The van der Waals surface area contributed by atoms with Gasteiger partial charge in [-0.25, -0.2) is 4.98 Å². The third-order valence-corrected chi connectivity index (χ3v) is 5.00. The van der Waals surface area contributed by atoms with Crippen molar-refractivity contribution in [3.05, 3.63) is 11.6 Å². The first kappa shape index (κ1) is 19.8. The smallest absolute Gasteiger partial charge is 0.245 e. The number of hydrogen-bond acceptors (Lipinski definition) is 5. The van der Waals surface area contributed by atoms with Crippen LogP contribution in [0, 0.1) is 0 Å².